The average molecular weight is 323 g/mol. The minimum absolute atomic E-state index is 0.0676. The Hall–Kier alpha value is -1.92. The van der Waals surface area contributed by atoms with Gasteiger partial charge in [0.05, 0.1) is 26.7 Å². The Morgan fingerprint density at radius 2 is 1.95 bits per heavy atom. The second-order valence-electron chi connectivity index (χ2n) is 4.67. The van der Waals surface area contributed by atoms with Crippen LogP contribution in [0.4, 0.5) is 0 Å². The van der Waals surface area contributed by atoms with E-state index in [-0.39, 0.29) is 10.4 Å². The maximum Gasteiger partial charge on any atom is 0.307 e. The third-order valence-corrected chi connectivity index (χ3v) is 4.83. The van der Waals surface area contributed by atoms with Crippen LogP contribution in [0, 0.1) is 0 Å². The van der Waals surface area contributed by atoms with Gasteiger partial charge >= 0.3 is 4.87 Å². The van der Waals surface area contributed by atoms with Gasteiger partial charge in [0, 0.05) is 19.8 Å². The molecule has 3 rings (SSSR count). The molecule has 0 radical (unpaired) electrons. The Kier molecular flexibility index (Phi) is 3.22. The van der Waals surface area contributed by atoms with Gasteiger partial charge in [-0.1, -0.05) is 11.3 Å². The monoisotopic (exact) mass is 322 g/mol. The summed E-state index contributed by atoms with van der Waals surface area (Å²) in [7, 11) is 1.65. The summed E-state index contributed by atoms with van der Waals surface area (Å²) in [5, 5.41) is -0.409. The van der Waals surface area contributed by atoms with Gasteiger partial charge in [0.15, 0.2) is 0 Å². The Morgan fingerprint density at radius 1 is 1.29 bits per heavy atom. The zero-order valence-electron chi connectivity index (χ0n) is 11.3. The summed E-state index contributed by atoms with van der Waals surface area (Å²) >= 11 is 6.51. The van der Waals surface area contributed by atoms with Crippen molar-refractivity contribution in [2.24, 2.45) is 7.05 Å². The molecular formula is C14H11ClN2O3S. The number of hydrogen-bond donors (Lipinski definition) is 0. The van der Waals surface area contributed by atoms with E-state index in [1.807, 2.05) is 13.0 Å². The van der Waals surface area contributed by atoms with E-state index in [0.29, 0.717) is 27.7 Å². The van der Waals surface area contributed by atoms with Crippen molar-refractivity contribution in [1.29, 1.82) is 0 Å². The van der Waals surface area contributed by atoms with Crippen LogP contribution in [0.5, 0.6) is 0 Å². The summed E-state index contributed by atoms with van der Waals surface area (Å²) in [5.74, 6) is 0. The number of hydrogen-bond acceptors (Lipinski definition) is 4. The first-order valence-electron chi connectivity index (χ1n) is 6.31. The largest absolute Gasteiger partial charge is 0.347 e. The van der Waals surface area contributed by atoms with Crippen LogP contribution in [0.1, 0.15) is 17.3 Å². The molecule has 0 N–H and O–H groups in total. The van der Waals surface area contributed by atoms with E-state index >= 15 is 0 Å². The highest BCUT2D eigenvalue weighted by atomic mass is 35.5. The number of thiazole rings is 1. The topological polar surface area (TPSA) is 61.1 Å². The molecule has 21 heavy (non-hydrogen) atoms. The van der Waals surface area contributed by atoms with Gasteiger partial charge in [-0.25, -0.2) is 0 Å². The lowest BCUT2D eigenvalue weighted by Gasteiger charge is -2.10. The first kappa shape index (κ1) is 14.0. The van der Waals surface area contributed by atoms with Crippen molar-refractivity contribution < 1.29 is 4.79 Å². The third-order valence-electron chi connectivity index (χ3n) is 3.56. The van der Waals surface area contributed by atoms with Crippen LogP contribution in [-0.4, -0.2) is 14.4 Å². The second-order valence-corrected chi connectivity index (χ2v) is 5.97. The Bertz CT molecular complexity index is 1010. The van der Waals surface area contributed by atoms with Gasteiger partial charge in [-0.05, 0) is 30.7 Å². The molecule has 0 aliphatic heterocycles. The molecule has 0 saturated carbocycles. The fraction of sp³-hybridized carbons (Fsp3) is 0.214. The number of benzene rings is 1. The molecule has 1 aromatic carbocycles. The quantitative estimate of drug-likeness (QED) is 0.680. The van der Waals surface area contributed by atoms with Gasteiger partial charge < -0.3 is 9.13 Å². The number of aryl methyl sites for hydroxylation is 2. The van der Waals surface area contributed by atoms with E-state index in [0.717, 1.165) is 11.3 Å². The van der Waals surface area contributed by atoms with Crippen LogP contribution < -0.4 is 10.3 Å². The third kappa shape index (κ3) is 1.94. The number of nitrogens with zero attached hydrogens (tertiary/aromatic N) is 2. The van der Waals surface area contributed by atoms with Gasteiger partial charge in [0.25, 0.3) is 5.24 Å². The Balaban J connectivity index is 2.66. The maximum atomic E-state index is 12.5. The smallest absolute Gasteiger partial charge is 0.307 e. The molecule has 0 saturated heterocycles. The average Bonchev–Trinajstić information content (AvgIpc) is 2.74. The summed E-state index contributed by atoms with van der Waals surface area (Å²) in [6.07, 6.45) is 1.47. The molecule has 0 amide bonds. The van der Waals surface area contributed by atoms with Gasteiger partial charge in [0.2, 0.25) is 5.43 Å². The van der Waals surface area contributed by atoms with E-state index in [4.69, 9.17) is 11.6 Å². The van der Waals surface area contributed by atoms with Crippen molar-refractivity contribution in [3.8, 4) is 0 Å². The first-order valence-corrected chi connectivity index (χ1v) is 7.50. The molecule has 5 nitrogen and oxygen atoms in total. The predicted molar refractivity (Wildman–Crippen MR) is 84.7 cm³/mol. The van der Waals surface area contributed by atoms with Crippen LogP contribution in [0.2, 0.25) is 0 Å². The Morgan fingerprint density at radius 3 is 2.57 bits per heavy atom. The van der Waals surface area contributed by atoms with E-state index in [2.05, 4.69) is 0 Å². The van der Waals surface area contributed by atoms with Crippen molar-refractivity contribution in [1.82, 2.24) is 9.13 Å². The van der Waals surface area contributed by atoms with Crippen molar-refractivity contribution in [3.63, 3.8) is 0 Å². The molecule has 108 valence electrons. The van der Waals surface area contributed by atoms with E-state index in [1.165, 1.54) is 10.8 Å². The summed E-state index contributed by atoms with van der Waals surface area (Å²) in [6, 6.07) is 3.60. The molecule has 3 aromatic rings. The van der Waals surface area contributed by atoms with Crippen molar-refractivity contribution in [2.45, 2.75) is 13.5 Å². The highest BCUT2D eigenvalue weighted by molar-refractivity contribution is 7.17. The number of carbonyl (C=O) groups is 1. The Labute approximate surface area is 128 Å². The van der Waals surface area contributed by atoms with Crippen LogP contribution in [-0.2, 0) is 13.6 Å². The molecule has 2 heterocycles. The summed E-state index contributed by atoms with van der Waals surface area (Å²) < 4.78 is 3.87. The lowest BCUT2D eigenvalue weighted by molar-refractivity contribution is 0.108. The van der Waals surface area contributed by atoms with Crippen molar-refractivity contribution >= 4 is 49.3 Å². The van der Waals surface area contributed by atoms with E-state index < -0.39 is 10.7 Å². The van der Waals surface area contributed by atoms with E-state index in [1.54, 1.807) is 17.7 Å². The van der Waals surface area contributed by atoms with Gasteiger partial charge in [-0.2, -0.15) is 0 Å². The van der Waals surface area contributed by atoms with Crippen molar-refractivity contribution in [2.75, 3.05) is 0 Å². The van der Waals surface area contributed by atoms with Gasteiger partial charge in [-0.3, -0.25) is 14.4 Å². The second kappa shape index (κ2) is 4.82. The normalized spacial score (nSPS) is 11.4. The highest BCUT2D eigenvalue weighted by Gasteiger charge is 2.17. The molecule has 0 fully saturated rings. The summed E-state index contributed by atoms with van der Waals surface area (Å²) in [5.41, 5.74) is 0.874. The summed E-state index contributed by atoms with van der Waals surface area (Å²) in [6.45, 7) is 2.49. The maximum absolute atomic E-state index is 12.5. The van der Waals surface area contributed by atoms with Gasteiger partial charge in [-0.15, -0.1) is 0 Å². The summed E-state index contributed by atoms with van der Waals surface area (Å²) in [4.78, 5) is 35.7. The molecule has 0 unspecified atom stereocenters. The molecule has 2 aromatic heterocycles. The molecule has 0 aliphatic rings. The fourth-order valence-electron chi connectivity index (χ4n) is 2.46. The number of carbonyl (C=O) groups excluding carboxylic acids is 1. The van der Waals surface area contributed by atoms with E-state index in [9.17, 15) is 14.4 Å². The van der Waals surface area contributed by atoms with Gasteiger partial charge in [0.1, 0.15) is 0 Å². The minimum atomic E-state index is -0.788. The highest BCUT2D eigenvalue weighted by Crippen LogP contribution is 2.25. The minimum Gasteiger partial charge on any atom is -0.347 e. The molecule has 7 heteroatoms. The lowest BCUT2D eigenvalue weighted by Crippen LogP contribution is -2.16. The number of pyridine rings is 1. The zero-order valence-corrected chi connectivity index (χ0v) is 12.9. The fourth-order valence-corrected chi connectivity index (χ4v) is 3.62. The number of fused-ring (bicyclic) bond motifs is 3. The first-order chi connectivity index (χ1) is 9.95. The standard InChI is InChI=1S/C14H11ClN2O3S/c1-3-17-6-7(13(15)19)11(18)10-8(17)4-5-9-12(10)21-14(20)16(9)2/h4-6H,3H2,1-2H3. The molecule has 0 spiro atoms. The predicted octanol–water partition coefficient (Wildman–Crippen LogP) is 2.31. The van der Waals surface area contributed by atoms with Crippen molar-refractivity contribution in [3.05, 3.63) is 43.8 Å². The molecular weight excluding hydrogens is 312 g/mol. The number of rotatable bonds is 2. The van der Waals surface area contributed by atoms with Crippen LogP contribution >= 0.6 is 22.9 Å². The molecule has 0 aliphatic carbocycles. The molecule has 0 bridgehead atoms. The van der Waals surface area contributed by atoms with Crippen LogP contribution in [0.3, 0.4) is 0 Å². The SMILES string of the molecule is CCn1cc(C(=O)Cl)c(=O)c2c3sc(=O)n(C)c3ccc21. The number of halogens is 1. The lowest BCUT2D eigenvalue weighted by atomic mass is 10.1. The van der Waals surface area contributed by atoms with Crippen LogP contribution in [0.15, 0.2) is 27.9 Å². The molecule has 0 atom stereocenters. The zero-order chi connectivity index (χ0) is 15.3. The van der Waals surface area contributed by atoms with Crippen LogP contribution in [0.25, 0.3) is 21.1 Å². The number of aromatic nitrogens is 2.